The van der Waals surface area contributed by atoms with Gasteiger partial charge in [0, 0.05) is 6.54 Å². The molecule has 1 aliphatic rings. The van der Waals surface area contributed by atoms with Gasteiger partial charge in [0.1, 0.15) is 6.04 Å². The SMILES string of the molecule is COc1c(F)cccc1-c1noc(C2CCCN2C(=O)c2cc(C)c(C)cc2-n2nccn2)n1. The Morgan fingerprint density at radius 3 is 2.71 bits per heavy atom. The van der Waals surface area contributed by atoms with Crippen LogP contribution < -0.4 is 4.74 Å². The molecule has 1 fully saturated rings. The van der Waals surface area contributed by atoms with Crippen molar-refractivity contribution in [1.29, 1.82) is 0 Å². The van der Waals surface area contributed by atoms with Crippen LogP contribution in [-0.2, 0) is 0 Å². The van der Waals surface area contributed by atoms with Gasteiger partial charge in [-0.25, -0.2) is 4.39 Å². The van der Waals surface area contributed by atoms with Crippen LogP contribution in [0.3, 0.4) is 0 Å². The van der Waals surface area contributed by atoms with E-state index in [2.05, 4.69) is 20.3 Å². The van der Waals surface area contributed by atoms with E-state index in [1.807, 2.05) is 26.0 Å². The van der Waals surface area contributed by atoms with Crippen LogP contribution in [-0.4, -0.2) is 49.6 Å². The average Bonchev–Trinajstić information content (AvgIpc) is 3.61. The van der Waals surface area contributed by atoms with Crippen LogP contribution in [0.5, 0.6) is 5.75 Å². The monoisotopic (exact) mass is 462 g/mol. The number of aryl methyl sites for hydroxylation is 2. The van der Waals surface area contributed by atoms with Crippen molar-refractivity contribution in [3.05, 3.63) is 71.1 Å². The van der Waals surface area contributed by atoms with Gasteiger partial charge in [-0.2, -0.15) is 20.0 Å². The Hall–Kier alpha value is -4.08. The Balaban J connectivity index is 1.49. The second-order valence-electron chi connectivity index (χ2n) is 8.21. The highest BCUT2D eigenvalue weighted by molar-refractivity contribution is 5.98. The zero-order chi connectivity index (χ0) is 23.8. The molecule has 34 heavy (non-hydrogen) atoms. The molecule has 0 N–H and O–H groups in total. The fraction of sp³-hybridized carbons (Fsp3) is 0.292. The number of likely N-dealkylation sites (tertiary alicyclic amines) is 1. The van der Waals surface area contributed by atoms with Gasteiger partial charge in [-0.05, 0) is 62.1 Å². The molecule has 10 heteroatoms. The summed E-state index contributed by atoms with van der Waals surface area (Å²) in [5, 5.41) is 12.5. The van der Waals surface area contributed by atoms with Crippen LogP contribution in [0.25, 0.3) is 17.1 Å². The minimum Gasteiger partial charge on any atom is -0.493 e. The molecule has 0 aliphatic carbocycles. The van der Waals surface area contributed by atoms with Crippen molar-refractivity contribution >= 4 is 5.91 Å². The summed E-state index contributed by atoms with van der Waals surface area (Å²) in [6.45, 7) is 4.49. The molecule has 1 atom stereocenters. The van der Waals surface area contributed by atoms with Crippen LogP contribution in [0.4, 0.5) is 4.39 Å². The van der Waals surface area contributed by atoms with Crippen molar-refractivity contribution in [3.8, 4) is 22.8 Å². The number of carbonyl (C=O) groups is 1. The Labute approximate surface area is 195 Å². The highest BCUT2D eigenvalue weighted by Crippen LogP contribution is 2.36. The Morgan fingerprint density at radius 2 is 1.94 bits per heavy atom. The maximum Gasteiger partial charge on any atom is 0.256 e. The van der Waals surface area contributed by atoms with Crippen molar-refractivity contribution in [2.24, 2.45) is 0 Å². The first-order valence-electron chi connectivity index (χ1n) is 10.9. The summed E-state index contributed by atoms with van der Waals surface area (Å²) in [5.41, 5.74) is 3.52. The third kappa shape index (κ3) is 3.70. The van der Waals surface area contributed by atoms with E-state index < -0.39 is 11.9 Å². The zero-order valence-electron chi connectivity index (χ0n) is 19.0. The zero-order valence-corrected chi connectivity index (χ0v) is 19.0. The summed E-state index contributed by atoms with van der Waals surface area (Å²) < 4.78 is 24.9. The Bertz CT molecular complexity index is 1350. The number of halogens is 1. The number of hydrogen-bond acceptors (Lipinski definition) is 7. The number of ether oxygens (including phenoxy) is 1. The van der Waals surface area contributed by atoms with Gasteiger partial charge in [0.05, 0.1) is 36.3 Å². The molecule has 1 amide bonds. The first kappa shape index (κ1) is 21.7. The lowest BCUT2D eigenvalue weighted by Gasteiger charge is -2.23. The normalized spacial score (nSPS) is 15.6. The van der Waals surface area contributed by atoms with Gasteiger partial charge in [-0.3, -0.25) is 4.79 Å². The van der Waals surface area contributed by atoms with Gasteiger partial charge in [-0.1, -0.05) is 11.2 Å². The second-order valence-corrected chi connectivity index (χ2v) is 8.21. The lowest BCUT2D eigenvalue weighted by Crippen LogP contribution is -2.32. The van der Waals surface area contributed by atoms with Crippen LogP contribution >= 0.6 is 0 Å². The molecule has 0 bridgehead atoms. The number of hydrogen-bond donors (Lipinski definition) is 0. The fourth-order valence-electron chi connectivity index (χ4n) is 4.27. The second kappa shape index (κ2) is 8.69. The van der Waals surface area contributed by atoms with Gasteiger partial charge >= 0.3 is 0 Å². The molecule has 3 heterocycles. The summed E-state index contributed by atoms with van der Waals surface area (Å²) in [6, 6.07) is 7.90. The van der Waals surface area contributed by atoms with Crippen LogP contribution in [0.2, 0.25) is 0 Å². The first-order chi connectivity index (χ1) is 16.5. The maximum absolute atomic E-state index is 14.1. The molecule has 9 nitrogen and oxygen atoms in total. The molecule has 1 saturated heterocycles. The van der Waals surface area contributed by atoms with Crippen molar-refractivity contribution < 1.29 is 18.4 Å². The average molecular weight is 462 g/mol. The molecular formula is C24H23FN6O3. The third-order valence-electron chi connectivity index (χ3n) is 6.13. The Morgan fingerprint density at radius 1 is 1.18 bits per heavy atom. The molecular weight excluding hydrogens is 439 g/mol. The molecule has 2 aromatic heterocycles. The Kier molecular flexibility index (Phi) is 5.56. The van der Waals surface area contributed by atoms with E-state index in [1.165, 1.54) is 18.0 Å². The smallest absolute Gasteiger partial charge is 0.256 e. The van der Waals surface area contributed by atoms with Gasteiger partial charge in [-0.15, -0.1) is 0 Å². The quantitative estimate of drug-likeness (QED) is 0.441. The van der Waals surface area contributed by atoms with Crippen LogP contribution in [0.15, 0.2) is 47.2 Å². The molecule has 1 aliphatic heterocycles. The van der Waals surface area contributed by atoms with E-state index in [-0.39, 0.29) is 17.5 Å². The number of rotatable bonds is 5. The predicted octanol–water partition coefficient (Wildman–Crippen LogP) is 4.06. The minimum atomic E-state index is -0.515. The summed E-state index contributed by atoms with van der Waals surface area (Å²) in [5.74, 6) is -0.131. The van der Waals surface area contributed by atoms with Crippen molar-refractivity contribution in [1.82, 2.24) is 30.0 Å². The summed E-state index contributed by atoms with van der Waals surface area (Å²) >= 11 is 0. The number of para-hydroxylation sites is 1. The first-order valence-corrected chi connectivity index (χ1v) is 10.9. The molecule has 174 valence electrons. The fourth-order valence-corrected chi connectivity index (χ4v) is 4.27. The number of nitrogens with zero attached hydrogens (tertiary/aromatic N) is 6. The van der Waals surface area contributed by atoms with Crippen molar-refractivity contribution in [3.63, 3.8) is 0 Å². The van der Waals surface area contributed by atoms with E-state index in [9.17, 15) is 9.18 Å². The summed E-state index contributed by atoms with van der Waals surface area (Å²) in [4.78, 5) is 21.4. The number of benzene rings is 2. The number of methoxy groups -OCH3 is 1. The number of aromatic nitrogens is 5. The van der Waals surface area contributed by atoms with Gasteiger partial charge < -0.3 is 14.2 Å². The summed E-state index contributed by atoms with van der Waals surface area (Å²) in [7, 11) is 1.38. The molecule has 2 aromatic carbocycles. The molecule has 4 aromatic rings. The van der Waals surface area contributed by atoms with Crippen LogP contribution in [0, 0.1) is 19.7 Å². The summed E-state index contributed by atoms with van der Waals surface area (Å²) in [6.07, 6.45) is 4.61. The number of amides is 1. The largest absolute Gasteiger partial charge is 0.493 e. The van der Waals surface area contributed by atoms with Gasteiger partial charge in [0.25, 0.3) is 5.91 Å². The predicted molar refractivity (Wildman–Crippen MR) is 120 cm³/mol. The van der Waals surface area contributed by atoms with E-state index in [0.29, 0.717) is 35.7 Å². The van der Waals surface area contributed by atoms with E-state index in [0.717, 1.165) is 17.5 Å². The highest BCUT2D eigenvalue weighted by Gasteiger charge is 2.36. The minimum absolute atomic E-state index is 0.0423. The van der Waals surface area contributed by atoms with Gasteiger partial charge in [0.2, 0.25) is 11.7 Å². The molecule has 0 saturated carbocycles. The lowest BCUT2D eigenvalue weighted by molar-refractivity contribution is 0.0709. The van der Waals surface area contributed by atoms with Crippen molar-refractivity contribution in [2.45, 2.75) is 32.7 Å². The molecule has 1 unspecified atom stereocenters. The topological polar surface area (TPSA) is 99.2 Å². The molecule has 0 radical (unpaired) electrons. The highest BCUT2D eigenvalue weighted by atomic mass is 19.1. The number of carbonyl (C=O) groups excluding carboxylic acids is 1. The van der Waals surface area contributed by atoms with Crippen molar-refractivity contribution in [2.75, 3.05) is 13.7 Å². The van der Waals surface area contributed by atoms with E-state index >= 15 is 0 Å². The molecule has 5 rings (SSSR count). The lowest BCUT2D eigenvalue weighted by atomic mass is 10.0. The van der Waals surface area contributed by atoms with E-state index in [4.69, 9.17) is 9.26 Å². The van der Waals surface area contributed by atoms with Crippen LogP contribution in [0.1, 0.15) is 46.3 Å². The molecule has 0 spiro atoms. The standard InChI is InChI=1S/C24H23FN6O3/c1-14-12-17(20(13-15(14)2)31-26-9-10-27-31)24(32)30-11-5-8-19(30)23-28-22(29-34-23)16-6-4-7-18(25)21(16)33-3/h4,6-7,9-10,12-13,19H,5,8,11H2,1-3H3. The van der Waals surface area contributed by atoms with E-state index in [1.54, 1.807) is 29.4 Å². The third-order valence-corrected chi connectivity index (χ3v) is 6.13. The maximum atomic E-state index is 14.1. The van der Waals surface area contributed by atoms with Gasteiger partial charge in [0.15, 0.2) is 11.6 Å².